The zero-order valence-electron chi connectivity index (χ0n) is 55.2. The summed E-state index contributed by atoms with van der Waals surface area (Å²) in [5, 5.41) is 13.1. The molecule has 8 rings (SSSR count). The van der Waals surface area contributed by atoms with Gasteiger partial charge < -0.3 is 69.3 Å². The molecule has 26 nitrogen and oxygen atoms in total. The minimum Gasteiger partial charge on any atom is -0.484 e. The highest BCUT2D eigenvalue weighted by Gasteiger charge is 2.43. The molecule has 2 aliphatic heterocycles. The monoisotopic (exact) mass is 1450 g/mol. The van der Waals surface area contributed by atoms with E-state index in [0.717, 1.165) is 22.3 Å². The Morgan fingerprint density at radius 2 is 0.812 bits per heavy atom. The summed E-state index contributed by atoms with van der Waals surface area (Å²) < 4.78 is 93.8. The molecule has 2 fully saturated rings. The van der Waals surface area contributed by atoms with Crippen molar-refractivity contribution in [1.82, 2.24) is 60.1 Å². The smallest absolute Gasteiger partial charge is 0.319 e. The average Bonchev–Trinajstić information content (AvgIpc) is 1.62. The van der Waals surface area contributed by atoms with Crippen LogP contribution < -0.4 is 40.2 Å². The van der Waals surface area contributed by atoms with Gasteiger partial charge in [0.1, 0.15) is 23.7 Å². The standard InChI is InChI=1S/C64H90Cl4N12O14S2/c1-43-35-47(9-11-57(43)93-59-51-37-45(65)39-53(67)49(51)41-55(59)77-19-23-79(24-20-77)63(83)75(3)4)95(85,86)73-17-29-91-33-31-89-27-15-71-61(81)69-13-7-8-14-70-62(82)72-16-28-90-32-34-92-30-18-74-96(87,88)48-10-12-58(44(2)36-48)94-60-52-38-46(66)40-54(68)50(52)42-56(60)78-21-25-80(26-22-78)64(84)76(5)6/h9-12,35-40,55-56,59-60,73-74H,7-8,13-34,41-42H2,1-6H3,(H2,69,71,81)(H2,70,72,82)/t55-,56-,59-,60-/m0/s1. The molecule has 530 valence electrons. The second-order valence-electron chi connectivity index (χ2n) is 24.1. The first-order chi connectivity index (χ1) is 45.9. The first kappa shape index (κ1) is 76.1. The van der Waals surface area contributed by atoms with Crippen LogP contribution in [-0.4, -0.2) is 255 Å². The highest BCUT2D eigenvalue weighted by atomic mass is 35.5. The molecule has 0 spiro atoms. The lowest BCUT2D eigenvalue weighted by atomic mass is 10.1. The van der Waals surface area contributed by atoms with Gasteiger partial charge in [-0.3, -0.25) is 9.80 Å². The molecule has 0 unspecified atom stereocenters. The van der Waals surface area contributed by atoms with Crippen LogP contribution in [0.1, 0.15) is 58.4 Å². The third-order valence-corrected chi connectivity index (χ3v) is 20.9. The first-order valence-corrected chi connectivity index (χ1v) is 36.6. The Morgan fingerprint density at radius 1 is 0.469 bits per heavy atom. The lowest BCUT2D eigenvalue weighted by Gasteiger charge is -2.40. The molecule has 2 heterocycles. The average molecular weight is 1460 g/mol. The maximum atomic E-state index is 13.3. The number of ether oxygens (including phenoxy) is 6. The van der Waals surface area contributed by atoms with Crippen LogP contribution in [0.4, 0.5) is 19.2 Å². The summed E-state index contributed by atoms with van der Waals surface area (Å²) in [6, 6.07) is 15.7. The third-order valence-electron chi connectivity index (χ3n) is 16.9. The van der Waals surface area contributed by atoms with Crippen LogP contribution >= 0.6 is 46.4 Å². The van der Waals surface area contributed by atoms with Crippen molar-refractivity contribution in [2.75, 3.05) is 173 Å². The predicted octanol–water partition coefficient (Wildman–Crippen LogP) is 6.31. The van der Waals surface area contributed by atoms with Gasteiger partial charge in [-0.25, -0.2) is 45.5 Å². The molecule has 0 saturated carbocycles. The quantitative estimate of drug-likeness (QED) is 0.0285. The van der Waals surface area contributed by atoms with Crippen LogP contribution in [0.25, 0.3) is 0 Å². The number of carbonyl (C=O) groups excluding carboxylic acids is 4. The van der Waals surface area contributed by atoms with E-state index >= 15 is 0 Å². The molecule has 32 heteroatoms. The zero-order valence-corrected chi connectivity index (χ0v) is 59.9. The molecule has 8 amide bonds. The van der Waals surface area contributed by atoms with Gasteiger partial charge in [-0.05, 0) is 122 Å². The summed E-state index contributed by atoms with van der Waals surface area (Å²) >= 11 is 26.3. The minimum absolute atomic E-state index is 0.0285. The minimum atomic E-state index is -3.88. The van der Waals surface area contributed by atoms with E-state index in [0.29, 0.717) is 134 Å². The number of halogens is 4. The van der Waals surface area contributed by atoms with E-state index in [2.05, 4.69) is 40.5 Å². The van der Waals surface area contributed by atoms with Gasteiger partial charge in [-0.1, -0.05) is 46.4 Å². The molecule has 4 aliphatic rings. The molecular formula is C64H90Cl4N12O14S2. The number of rotatable bonds is 33. The number of hydrogen-bond acceptors (Lipinski definition) is 16. The number of aryl methyl sites for hydroxylation is 2. The van der Waals surface area contributed by atoms with E-state index in [9.17, 15) is 36.0 Å². The zero-order chi connectivity index (χ0) is 69.1. The first-order valence-electron chi connectivity index (χ1n) is 32.1. The van der Waals surface area contributed by atoms with E-state index in [1.807, 2.05) is 21.9 Å². The van der Waals surface area contributed by atoms with Crippen LogP contribution in [0.2, 0.25) is 20.1 Å². The van der Waals surface area contributed by atoms with Crippen molar-refractivity contribution in [3.63, 3.8) is 0 Å². The van der Waals surface area contributed by atoms with Gasteiger partial charge in [0.2, 0.25) is 20.0 Å². The number of sulfonamides is 2. The largest absolute Gasteiger partial charge is 0.484 e. The summed E-state index contributed by atoms with van der Waals surface area (Å²) in [5.74, 6) is 1.05. The number of benzene rings is 4. The van der Waals surface area contributed by atoms with Crippen molar-refractivity contribution >= 4 is 90.6 Å². The van der Waals surface area contributed by atoms with E-state index < -0.39 is 32.3 Å². The van der Waals surface area contributed by atoms with Gasteiger partial charge in [-0.2, -0.15) is 0 Å². The molecule has 96 heavy (non-hydrogen) atoms. The second kappa shape index (κ2) is 36.4. The number of hydrogen-bond donors (Lipinski definition) is 6. The Labute approximate surface area is 583 Å². The molecule has 4 aromatic rings. The fraction of sp³-hybridized carbons (Fsp3) is 0.562. The van der Waals surface area contributed by atoms with Crippen molar-refractivity contribution in [3.8, 4) is 11.5 Å². The predicted molar refractivity (Wildman–Crippen MR) is 367 cm³/mol. The van der Waals surface area contributed by atoms with Gasteiger partial charge in [0.15, 0.2) is 0 Å². The van der Waals surface area contributed by atoms with Gasteiger partial charge in [0.25, 0.3) is 0 Å². The number of nitrogens with zero attached hydrogens (tertiary/aromatic N) is 6. The van der Waals surface area contributed by atoms with E-state index in [-0.39, 0.29) is 125 Å². The molecule has 4 atom stereocenters. The highest BCUT2D eigenvalue weighted by Crippen LogP contribution is 2.45. The molecule has 6 N–H and O–H groups in total. The number of piperazine rings is 2. The van der Waals surface area contributed by atoms with Gasteiger partial charge in [0, 0.05) is 151 Å². The number of amides is 8. The Hall–Kier alpha value is -5.70. The summed E-state index contributed by atoms with van der Waals surface area (Å²) in [5.41, 5.74) is 4.93. The lowest BCUT2D eigenvalue weighted by Crippen LogP contribution is -2.55. The number of urea groups is 4. The van der Waals surface area contributed by atoms with Crippen molar-refractivity contribution in [1.29, 1.82) is 0 Å². The van der Waals surface area contributed by atoms with Gasteiger partial charge >= 0.3 is 24.1 Å². The van der Waals surface area contributed by atoms with Crippen LogP contribution in [-0.2, 0) is 51.8 Å². The SMILES string of the molecule is Cc1cc(S(=O)(=O)NCCOCCOCCNC(=O)NCCCCNC(=O)NCCOCCOCCNS(=O)(=O)c2ccc(O[C@H]3c4cc(Cl)cc(Cl)c4C[C@@H]3N3CCN(C(=O)N(C)C)CC3)c(C)c2)ccc1O[C@H]1c2cc(Cl)cc(Cl)c2C[C@@H]1N1CCN(C(=O)N(C)C)CC1. The molecule has 0 bridgehead atoms. The number of fused-ring (bicyclic) bond motifs is 2. The molecular weight excluding hydrogens is 1370 g/mol. The topological polar surface area (TPSA) is 284 Å². The molecule has 2 aliphatic carbocycles. The fourth-order valence-electron chi connectivity index (χ4n) is 11.9. The van der Waals surface area contributed by atoms with E-state index in [1.165, 1.54) is 12.1 Å². The third kappa shape index (κ3) is 21.4. The van der Waals surface area contributed by atoms with E-state index in [1.54, 1.807) is 88.2 Å². The lowest BCUT2D eigenvalue weighted by molar-refractivity contribution is 0.0437. The van der Waals surface area contributed by atoms with Crippen LogP contribution in [0.5, 0.6) is 11.5 Å². The van der Waals surface area contributed by atoms with Crippen molar-refractivity contribution in [2.24, 2.45) is 0 Å². The Bertz CT molecular complexity index is 3310. The maximum Gasteiger partial charge on any atom is 0.319 e. The van der Waals surface area contributed by atoms with E-state index in [4.69, 9.17) is 74.8 Å². The molecule has 0 radical (unpaired) electrons. The maximum absolute atomic E-state index is 13.3. The molecule has 0 aromatic heterocycles. The van der Waals surface area contributed by atoms with Gasteiger partial charge in [0.05, 0.1) is 74.7 Å². The Kier molecular flexibility index (Phi) is 28.8. The Balaban J connectivity index is 0.601. The van der Waals surface area contributed by atoms with Crippen LogP contribution in [0, 0.1) is 13.8 Å². The fourth-order valence-corrected chi connectivity index (χ4v) is 15.3. The normalized spacial score (nSPS) is 18.2. The number of nitrogens with one attached hydrogen (secondary N) is 6. The van der Waals surface area contributed by atoms with Gasteiger partial charge in [-0.15, -0.1) is 0 Å². The second-order valence-corrected chi connectivity index (χ2v) is 29.3. The van der Waals surface area contributed by atoms with Crippen LogP contribution in [0.3, 0.4) is 0 Å². The summed E-state index contributed by atoms with van der Waals surface area (Å²) in [6.07, 6.45) is 1.65. The van der Waals surface area contributed by atoms with Crippen molar-refractivity contribution in [3.05, 3.63) is 114 Å². The Morgan fingerprint density at radius 3 is 1.16 bits per heavy atom. The number of carbonyl (C=O) groups is 4. The highest BCUT2D eigenvalue weighted by molar-refractivity contribution is 7.89. The van der Waals surface area contributed by atoms with Crippen molar-refractivity contribution in [2.45, 2.75) is 73.6 Å². The van der Waals surface area contributed by atoms with Crippen molar-refractivity contribution < 1.29 is 64.4 Å². The van der Waals surface area contributed by atoms with Crippen LogP contribution in [0.15, 0.2) is 70.5 Å². The summed E-state index contributed by atoms with van der Waals surface area (Å²) in [7, 11) is -0.785. The molecule has 2 saturated heterocycles. The summed E-state index contributed by atoms with van der Waals surface area (Å²) in [4.78, 5) is 61.3. The molecule has 4 aromatic carbocycles. The number of unbranched alkanes of at least 4 members (excludes halogenated alkanes) is 1. The summed E-state index contributed by atoms with van der Waals surface area (Å²) in [6.45, 7) is 11.5.